The van der Waals surface area contributed by atoms with Gasteiger partial charge in [-0.1, -0.05) is 49.6 Å². The number of aryl methyl sites for hydroxylation is 1. The molecule has 6 heteroatoms. The van der Waals surface area contributed by atoms with Gasteiger partial charge in [-0.25, -0.2) is 8.42 Å². The number of hydrogen-bond donors (Lipinski definition) is 0. The van der Waals surface area contributed by atoms with Gasteiger partial charge in [0, 0.05) is 23.7 Å². The highest BCUT2D eigenvalue weighted by Crippen LogP contribution is 2.13. The quantitative estimate of drug-likeness (QED) is 0.662. The zero-order valence-electron chi connectivity index (χ0n) is 10.3. The summed E-state index contributed by atoms with van der Waals surface area (Å²) in [7, 11) is -3.24. The second-order valence-corrected chi connectivity index (χ2v) is 7.60. The van der Waals surface area contributed by atoms with Crippen molar-refractivity contribution in [1.82, 2.24) is 4.90 Å². The Morgan fingerprint density at radius 1 is 1.06 bits per heavy atom. The van der Waals surface area contributed by atoms with E-state index in [1.165, 1.54) is 0 Å². The van der Waals surface area contributed by atoms with Gasteiger partial charge in [-0.15, -0.1) is 0 Å². The zero-order chi connectivity index (χ0) is 13.6. The Morgan fingerprint density at radius 2 is 1.56 bits per heavy atom. The fraction of sp³-hybridized carbons (Fsp3) is 0.500. The van der Waals surface area contributed by atoms with Crippen LogP contribution in [-0.4, -0.2) is 42.9 Å². The number of alkyl halides is 2. The summed E-state index contributed by atoms with van der Waals surface area (Å²) in [6.45, 7) is 3.38. The molecule has 1 aromatic carbocycles. The minimum absolute atomic E-state index is 0.0628. The van der Waals surface area contributed by atoms with Crippen molar-refractivity contribution in [3.63, 3.8) is 0 Å². The smallest absolute Gasteiger partial charge is 0.191 e. The summed E-state index contributed by atoms with van der Waals surface area (Å²) in [5, 5.41) is 1.53. The van der Waals surface area contributed by atoms with E-state index in [2.05, 4.69) is 31.9 Å². The van der Waals surface area contributed by atoms with Crippen molar-refractivity contribution in [2.24, 2.45) is 0 Å². The number of hydrogen-bond acceptors (Lipinski definition) is 3. The molecule has 0 radical (unpaired) electrons. The average molecular weight is 399 g/mol. The minimum atomic E-state index is -3.24. The van der Waals surface area contributed by atoms with Gasteiger partial charge in [-0.2, -0.15) is 0 Å². The lowest BCUT2D eigenvalue weighted by Crippen LogP contribution is -2.33. The van der Waals surface area contributed by atoms with Gasteiger partial charge in [0.15, 0.2) is 9.84 Å². The summed E-state index contributed by atoms with van der Waals surface area (Å²) in [4.78, 5) is 2.31. The Bertz CT molecular complexity index is 453. The molecule has 0 spiro atoms. The Hall–Kier alpha value is 0.0900. The third-order valence-electron chi connectivity index (χ3n) is 2.53. The molecule has 0 bridgehead atoms. The fourth-order valence-corrected chi connectivity index (χ4v) is 3.98. The molecule has 0 aliphatic rings. The highest BCUT2D eigenvalue weighted by molar-refractivity contribution is 9.09. The number of sulfone groups is 1. The molecule has 3 nitrogen and oxygen atoms in total. The topological polar surface area (TPSA) is 37.4 Å². The third kappa shape index (κ3) is 4.99. The van der Waals surface area contributed by atoms with E-state index >= 15 is 0 Å². The molecule has 0 heterocycles. The van der Waals surface area contributed by atoms with Crippen LogP contribution in [0.25, 0.3) is 0 Å². The molecule has 0 N–H and O–H groups in total. The van der Waals surface area contributed by atoms with Crippen molar-refractivity contribution >= 4 is 41.7 Å². The Kier molecular flexibility index (Phi) is 6.84. The first-order valence-electron chi connectivity index (χ1n) is 5.63. The molecular weight excluding hydrogens is 382 g/mol. The lowest BCUT2D eigenvalue weighted by Gasteiger charge is -2.20. The third-order valence-corrected chi connectivity index (χ3v) is 4.94. The van der Waals surface area contributed by atoms with Gasteiger partial charge in [0.2, 0.25) is 0 Å². The van der Waals surface area contributed by atoms with Crippen LogP contribution in [0, 0.1) is 6.92 Å². The Labute approximate surface area is 126 Å². The van der Waals surface area contributed by atoms with Crippen LogP contribution in [0.5, 0.6) is 0 Å². The van der Waals surface area contributed by atoms with Crippen molar-refractivity contribution < 1.29 is 8.42 Å². The molecule has 102 valence electrons. The van der Waals surface area contributed by atoms with Crippen LogP contribution in [0.15, 0.2) is 29.2 Å². The molecule has 0 aliphatic carbocycles. The lowest BCUT2D eigenvalue weighted by atomic mass is 10.2. The van der Waals surface area contributed by atoms with Gasteiger partial charge in [-0.3, -0.25) is 4.90 Å². The van der Waals surface area contributed by atoms with E-state index in [1.54, 1.807) is 12.1 Å². The van der Waals surface area contributed by atoms with Gasteiger partial charge >= 0.3 is 0 Å². The molecule has 1 aromatic rings. The molecule has 0 aromatic heterocycles. The average Bonchev–Trinajstić information content (AvgIpc) is 2.29. The summed E-state index contributed by atoms with van der Waals surface area (Å²) in [6, 6.07) is 6.99. The van der Waals surface area contributed by atoms with Crippen molar-refractivity contribution in [3.8, 4) is 0 Å². The maximum absolute atomic E-state index is 12.2. The molecule has 0 amide bonds. The summed E-state index contributed by atoms with van der Waals surface area (Å²) in [5.74, 6) is 0.0628. The first-order chi connectivity index (χ1) is 8.49. The summed E-state index contributed by atoms with van der Waals surface area (Å²) < 4.78 is 24.5. The highest BCUT2D eigenvalue weighted by atomic mass is 79.9. The van der Waals surface area contributed by atoms with Crippen molar-refractivity contribution in [2.45, 2.75) is 11.8 Å². The van der Waals surface area contributed by atoms with E-state index in [0.717, 1.165) is 29.3 Å². The minimum Gasteiger partial charge on any atom is -0.288 e. The van der Waals surface area contributed by atoms with E-state index in [1.807, 2.05) is 24.0 Å². The van der Waals surface area contributed by atoms with Crippen LogP contribution in [0.3, 0.4) is 0 Å². The second kappa shape index (κ2) is 7.62. The number of halogens is 2. The number of nitrogens with zero attached hydrogens (tertiary/aromatic N) is 1. The van der Waals surface area contributed by atoms with Crippen molar-refractivity contribution in [1.29, 1.82) is 0 Å². The molecule has 0 saturated heterocycles. The van der Waals surface area contributed by atoms with Gasteiger partial charge in [0.1, 0.15) is 5.88 Å². The summed E-state index contributed by atoms with van der Waals surface area (Å²) in [5.41, 5.74) is 1.06. The molecule has 0 unspecified atom stereocenters. The van der Waals surface area contributed by atoms with Gasteiger partial charge in [0.05, 0.1) is 4.90 Å². The summed E-state index contributed by atoms with van der Waals surface area (Å²) >= 11 is 6.68. The predicted octanol–water partition coefficient (Wildman–Crippen LogP) is 2.82. The van der Waals surface area contributed by atoms with Crippen molar-refractivity contribution in [2.75, 3.05) is 29.6 Å². The van der Waals surface area contributed by atoms with Crippen LogP contribution in [0.1, 0.15) is 5.56 Å². The van der Waals surface area contributed by atoms with E-state index in [4.69, 9.17) is 0 Å². The zero-order valence-corrected chi connectivity index (χ0v) is 14.3. The molecule has 0 fully saturated rings. The molecule has 0 aliphatic heterocycles. The molecular formula is C12H17Br2NO2S. The predicted molar refractivity (Wildman–Crippen MR) is 82.4 cm³/mol. The van der Waals surface area contributed by atoms with E-state index in [-0.39, 0.29) is 5.88 Å². The van der Waals surface area contributed by atoms with Gasteiger partial charge in [-0.05, 0) is 19.1 Å². The van der Waals surface area contributed by atoms with E-state index in [9.17, 15) is 8.42 Å². The molecule has 0 atom stereocenters. The normalized spacial score (nSPS) is 12.0. The summed E-state index contributed by atoms with van der Waals surface area (Å²) in [6.07, 6.45) is 0. The maximum atomic E-state index is 12.2. The first-order valence-corrected chi connectivity index (χ1v) is 9.53. The number of rotatable bonds is 7. The monoisotopic (exact) mass is 397 g/mol. The lowest BCUT2D eigenvalue weighted by molar-refractivity contribution is 0.356. The SMILES string of the molecule is Cc1ccc(S(=O)(=O)CN(CCBr)CCBr)cc1. The Morgan fingerprint density at radius 3 is 2.00 bits per heavy atom. The van der Waals surface area contributed by atoms with Crippen molar-refractivity contribution in [3.05, 3.63) is 29.8 Å². The van der Waals surface area contributed by atoms with Crippen LogP contribution in [0.2, 0.25) is 0 Å². The van der Waals surface area contributed by atoms with Crippen LogP contribution in [0.4, 0.5) is 0 Å². The van der Waals surface area contributed by atoms with Crippen LogP contribution < -0.4 is 0 Å². The second-order valence-electron chi connectivity index (χ2n) is 4.05. The molecule has 1 rings (SSSR count). The van der Waals surface area contributed by atoms with E-state index < -0.39 is 9.84 Å². The van der Waals surface area contributed by atoms with Crippen LogP contribution in [-0.2, 0) is 9.84 Å². The standard InChI is InChI=1S/C12H17Br2NO2S/c1-11-2-4-12(5-3-11)18(16,17)10-15(8-6-13)9-7-14/h2-5H,6-10H2,1H3. The highest BCUT2D eigenvalue weighted by Gasteiger charge is 2.18. The van der Waals surface area contributed by atoms with Gasteiger partial charge in [0.25, 0.3) is 0 Å². The molecule has 18 heavy (non-hydrogen) atoms. The van der Waals surface area contributed by atoms with Crippen LogP contribution >= 0.6 is 31.9 Å². The first kappa shape index (κ1) is 16.1. The maximum Gasteiger partial charge on any atom is 0.191 e. The Balaban J connectivity index is 2.82. The fourth-order valence-electron chi connectivity index (χ4n) is 1.54. The van der Waals surface area contributed by atoms with E-state index in [0.29, 0.717) is 4.90 Å². The largest absolute Gasteiger partial charge is 0.288 e. The molecule has 0 saturated carbocycles. The van der Waals surface area contributed by atoms with Gasteiger partial charge < -0.3 is 0 Å². The number of benzene rings is 1.